The quantitative estimate of drug-likeness (QED) is 0.740. The van der Waals surface area contributed by atoms with E-state index in [2.05, 4.69) is 18.3 Å². The third kappa shape index (κ3) is 4.13. The second-order valence-electron chi connectivity index (χ2n) is 4.83. The van der Waals surface area contributed by atoms with E-state index >= 15 is 0 Å². The molecule has 2 nitrogen and oxygen atoms in total. The molecule has 2 rings (SSSR count). The molecule has 4 heteroatoms. The van der Waals surface area contributed by atoms with E-state index in [1.54, 1.807) is 13.2 Å². The molecule has 0 saturated heterocycles. The van der Waals surface area contributed by atoms with E-state index in [4.69, 9.17) is 27.9 Å². The van der Waals surface area contributed by atoms with Crippen molar-refractivity contribution in [3.8, 4) is 16.9 Å². The van der Waals surface area contributed by atoms with Crippen molar-refractivity contribution in [3.63, 3.8) is 0 Å². The Hall–Kier alpha value is -1.22. The molecule has 2 aromatic carbocycles. The van der Waals surface area contributed by atoms with Gasteiger partial charge in [-0.2, -0.15) is 0 Å². The number of hydrogen-bond acceptors (Lipinski definition) is 2. The van der Waals surface area contributed by atoms with Gasteiger partial charge >= 0.3 is 0 Å². The molecule has 0 aliphatic carbocycles. The van der Waals surface area contributed by atoms with Crippen molar-refractivity contribution in [2.24, 2.45) is 0 Å². The van der Waals surface area contributed by atoms with Crippen LogP contribution >= 0.6 is 23.2 Å². The normalized spacial score (nSPS) is 10.7. The predicted octanol–water partition coefficient (Wildman–Crippen LogP) is 5.17. The topological polar surface area (TPSA) is 21.3 Å². The van der Waals surface area contributed by atoms with Crippen LogP contribution in [0.25, 0.3) is 11.1 Å². The zero-order valence-electron chi connectivity index (χ0n) is 12.2. The lowest BCUT2D eigenvalue weighted by molar-refractivity contribution is 0.408. The lowest BCUT2D eigenvalue weighted by atomic mass is 10.0. The van der Waals surface area contributed by atoms with Gasteiger partial charge in [0.15, 0.2) is 0 Å². The number of hydrogen-bond donors (Lipinski definition) is 1. The molecule has 0 fully saturated rings. The molecule has 0 heterocycles. The fraction of sp³-hybridized carbons (Fsp3) is 0.294. The SMILES string of the molecule is CCCNCc1cc(-c2ccc(Cl)cc2Cl)ccc1OC. The minimum Gasteiger partial charge on any atom is -0.496 e. The molecule has 0 aromatic heterocycles. The van der Waals surface area contributed by atoms with Gasteiger partial charge in [0.05, 0.1) is 7.11 Å². The van der Waals surface area contributed by atoms with Crippen LogP contribution < -0.4 is 10.1 Å². The fourth-order valence-corrected chi connectivity index (χ4v) is 2.73. The highest BCUT2D eigenvalue weighted by Gasteiger charge is 2.09. The van der Waals surface area contributed by atoms with E-state index in [1.165, 1.54) is 0 Å². The molecule has 0 atom stereocenters. The highest BCUT2D eigenvalue weighted by Crippen LogP contribution is 2.33. The van der Waals surface area contributed by atoms with Crippen LogP contribution in [0.4, 0.5) is 0 Å². The van der Waals surface area contributed by atoms with E-state index in [1.807, 2.05) is 24.3 Å². The van der Waals surface area contributed by atoms with Gasteiger partial charge in [-0.15, -0.1) is 0 Å². The smallest absolute Gasteiger partial charge is 0.123 e. The molecule has 1 N–H and O–H groups in total. The van der Waals surface area contributed by atoms with Crippen molar-refractivity contribution in [2.75, 3.05) is 13.7 Å². The Labute approximate surface area is 136 Å². The second-order valence-corrected chi connectivity index (χ2v) is 5.67. The van der Waals surface area contributed by atoms with Crippen LogP contribution in [-0.2, 0) is 6.54 Å². The first-order valence-electron chi connectivity index (χ1n) is 6.98. The third-order valence-electron chi connectivity index (χ3n) is 3.26. The Kier molecular flexibility index (Phi) is 5.92. The maximum absolute atomic E-state index is 6.29. The first-order chi connectivity index (χ1) is 10.2. The predicted molar refractivity (Wildman–Crippen MR) is 90.4 cm³/mol. The van der Waals surface area contributed by atoms with E-state index in [0.717, 1.165) is 42.0 Å². The van der Waals surface area contributed by atoms with Gasteiger partial charge in [0.25, 0.3) is 0 Å². The maximum atomic E-state index is 6.29. The van der Waals surface area contributed by atoms with Crippen molar-refractivity contribution in [3.05, 3.63) is 52.0 Å². The van der Waals surface area contributed by atoms with E-state index in [-0.39, 0.29) is 0 Å². The number of benzene rings is 2. The van der Waals surface area contributed by atoms with Crippen molar-refractivity contribution >= 4 is 23.2 Å². The molecular formula is C17H19Cl2NO. The number of ether oxygens (including phenoxy) is 1. The summed E-state index contributed by atoms with van der Waals surface area (Å²) in [6.07, 6.45) is 1.10. The van der Waals surface area contributed by atoms with E-state index in [0.29, 0.717) is 10.0 Å². The summed E-state index contributed by atoms with van der Waals surface area (Å²) < 4.78 is 5.42. The van der Waals surface area contributed by atoms with Crippen LogP contribution in [0.3, 0.4) is 0 Å². The first kappa shape index (κ1) is 16.2. The fourth-order valence-electron chi connectivity index (χ4n) is 2.21. The van der Waals surface area contributed by atoms with E-state index < -0.39 is 0 Å². The largest absolute Gasteiger partial charge is 0.496 e. The average molecular weight is 324 g/mol. The molecule has 0 aliphatic rings. The summed E-state index contributed by atoms with van der Waals surface area (Å²) in [5, 5.41) is 4.69. The van der Waals surface area contributed by atoms with Gasteiger partial charge in [0.2, 0.25) is 0 Å². The van der Waals surface area contributed by atoms with Crippen molar-refractivity contribution in [2.45, 2.75) is 19.9 Å². The molecule has 0 spiro atoms. The van der Waals surface area contributed by atoms with Gasteiger partial charge in [0.1, 0.15) is 5.75 Å². The summed E-state index contributed by atoms with van der Waals surface area (Å²) >= 11 is 12.2. The van der Waals surface area contributed by atoms with Crippen LogP contribution in [0.2, 0.25) is 10.0 Å². The van der Waals surface area contributed by atoms with Gasteiger partial charge in [-0.05, 0) is 42.8 Å². The minimum absolute atomic E-state index is 0.641. The standard InChI is InChI=1S/C17H19Cl2NO/c1-3-8-20-11-13-9-12(4-7-17(13)21-2)15-6-5-14(18)10-16(15)19/h4-7,9-10,20H,3,8,11H2,1-2H3. The third-order valence-corrected chi connectivity index (χ3v) is 3.81. The van der Waals surface area contributed by atoms with Crippen LogP contribution in [-0.4, -0.2) is 13.7 Å². The Bertz CT molecular complexity index is 614. The number of nitrogens with one attached hydrogen (secondary N) is 1. The Morgan fingerprint density at radius 2 is 1.90 bits per heavy atom. The van der Waals surface area contributed by atoms with Crippen LogP contribution in [0.5, 0.6) is 5.75 Å². The van der Waals surface area contributed by atoms with Gasteiger partial charge in [0, 0.05) is 27.7 Å². The van der Waals surface area contributed by atoms with Gasteiger partial charge in [-0.25, -0.2) is 0 Å². The van der Waals surface area contributed by atoms with Gasteiger partial charge in [-0.3, -0.25) is 0 Å². The molecule has 0 unspecified atom stereocenters. The summed E-state index contributed by atoms with van der Waals surface area (Å²) in [5.74, 6) is 0.882. The second kappa shape index (κ2) is 7.69. The molecule has 2 aromatic rings. The minimum atomic E-state index is 0.641. The Morgan fingerprint density at radius 3 is 2.57 bits per heavy atom. The highest BCUT2D eigenvalue weighted by molar-refractivity contribution is 6.36. The van der Waals surface area contributed by atoms with Crippen LogP contribution in [0.1, 0.15) is 18.9 Å². The number of halogens is 2. The van der Waals surface area contributed by atoms with Crippen molar-refractivity contribution < 1.29 is 4.74 Å². The van der Waals surface area contributed by atoms with Crippen molar-refractivity contribution in [1.82, 2.24) is 5.32 Å². The monoisotopic (exact) mass is 323 g/mol. The number of methoxy groups -OCH3 is 1. The molecule has 0 bridgehead atoms. The summed E-state index contributed by atoms with van der Waals surface area (Å²) in [6, 6.07) is 11.6. The summed E-state index contributed by atoms with van der Waals surface area (Å²) in [7, 11) is 1.69. The first-order valence-corrected chi connectivity index (χ1v) is 7.74. The average Bonchev–Trinajstić information content (AvgIpc) is 2.47. The molecule has 21 heavy (non-hydrogen) atoms. The lowest BCUT2D eigenvalue weighted by Gasteiger charge is -2.12. The van der Waals surface area contributed by atoms with Crippen molar-refractivity contribution in [1.29, 1.82) is 0 Å². The van der Waals surface area contributed by atoms with Crippen LogP contribution in [0, 0.1) is 0 Å². The number of rotatable bonds is 6. The van der Waals surface area contributed by atoms with Crippen LogP contribution in [0.15, 0.2) is 36.4 Å². The van der Waals surface area contributed by atoms with E-state index in [9.17, 15) is 0 Å². The molecule has 0 radical (unpaired) electrons. The molecular weight excluding hydrogens is 305 g/mol. The summed E-state index contributed by atoms with van der Waals surface area (Å²) in [6.45, 7) is 3.90. The maximum Gasteiger partial charge on any atom is 0.123 e. The molecule has 112 valence electrons. The molecule has 0 saturated carbocycles. The van der Waals surface area contributed by atoms with Gasteiger partial charge in [-0.1, -0.05) is 42.3 Å². The van der Waals surface area contributed by atoms with Gasteiger partial charge < -0.3 is 10.1 Å². The zero-order valence-corrected chi connectivity index (χ0v) is 13.8. The lowest BCUT2D eigenvalue weighted by Crippen LogP contribution is -2.14. The summed E-state index contributed by atoms with van der Waals surface area (Å²) in [4.78, 5) is 0. The Balaban J connectivity index is 2.34. The molecule has 0 amide bonds. The molecule has 0 aliphatic heterocycles. The zero-order chi connectivity index (χ0) is 15.2. The summed E-state index contributed by atoms with van der Waals surface area (Å²) in [5.41, 5.74) is 3.15. The highest BCUT2D eigenvalue weighted by atomic mass is 35.5. The Morgan fingerprint density at radius 1 is 1.10 bits per heavy atom.